The molecule has 3 heterocycles. The fraction of sp³-hybridized carbons (Fsp3) is 0.312. The molecule has 0 aliphatic heterocycles. The topological polar surface area (TPSA) is 70.2 Å². The molecule has 0 aromatic carbocycles. The summed E-state index contributed by atoms with van der Waals surface area (Å²) in [5, 5.41) is 11.6. The molecule has 6 nitrogen and oxygen atoms in total. The number of ether oxygens (including phenoxy) is 1. The number of esters is 1. The van der Waals surface area contributed by atoms with E-state index in [2.05, 4.69) is 20.8 Å². The molecular weight excluding hydrogens is 346 g/mol. The third kappa shape index (κ3) is 2.87. The Bertz CT molecular complexity index is 850. The molecule has 3 aromatic rings. The molecule has 124 valence electrons. The van der Waals surface area contributed by atoms with Crippen LogP contribution in [0.1, 0.15) is 35.0 Å². The largest absolute Gasteiger partial charge is 0.468 e. The van der Waals surface area contributed by atoms with Crippen molar-refractivity contribution in [3.8, 4) is 10.7 Å². The van der Waals surface area contributed by atoms with Crippen LogP contribution < -0.4 is 0 Å². The van der Waals surface area contributed by atoms with Crippen molar-refractivity contribution in [2.24, 2.45) is 0 Å². The van der Waals surface area contributed by atoms with Gasteiger partial charge in [-0.25, -0.2) is 4.79 Å². The number of carbonyl (C=O) groups is 1. The lowest BCUT2D eigenvalue weighted by molar-refractivity contribution is 0.0598. The van der Waals surface area contributed by atoms with Crippen molar-refractivity contribution in [1.82, 2.24) is 14.8 Å². The second-order valence-electron chi connectivity index (χ2n) is 5.42. The van der Waals surface area contributed by atoms with Crippen LogP contribution in [0.15, 0.2) is 39.4 Å². The van der Waals surface area contributed by atoms with Gasteiger partial charge in [0.25, 0.3) is 0 Å². The van der Waals surface area contributed by atoms with Crippen LogP contribution in [0.2, 0.25) is 0 Å². The molecule has 0 amide bonds. The number of nitrogens with zero attached hydrogens (tertiary/aromatic N) is 3. The SMILES string of the molecule is COC(=O)c1ccoc1CSc1nnc(-c2cccs2)n1C1CC1. The third-order valence-corrected chi connectivity index (χ3v) is 5.61. The zero-order valence-corrected chi connectivity index (χ0v) is 14.6. The zero-order valence-electron chi connectivity index (χ0n) is 13.0. The number of rotatable bonds is 6. The lowest BCUT2D eigenvalue weighted by Gasteiger charge is -2.07. The van der Waals surface area contributed by atoms with Crippen LogP contribution in [-0.4, -0.2) is 27.8 Å². The van der Waals surface area contributed by atoms with E-state index in [0.29, 0.717) is 23.1 Å². The quantitative estimate of drug-likeness (QED) is 0.488. The summed E-state index contributed by atoms with van der Waals surface area (Å²) < 4.78 is 12.4. The summed E-state index contributed by atoms with van der Waals surface area (Å²) in [4.78, 5) is 12.8. The summed E-state index contributed by atoms with van der Waals surface area (Å²) in [6.07, 6.45) is 3.81. The maximum Gasteiger partial charge on any atom is 0.341 e. The Labute approximate surface area is 146 Å². The Balaban J connectivity index is 1.58. The van der Waals surface area contributed by atoms with Crippen molar-refractivity contribution in [2.75, 3.05) is 7.11 Å². The molecule has 0 bridgehead atoms. The van der Waals surface area contributed by atoms with Gasteiger partial charge in [-0.2, -0.15) is 0 Å². The third-order valence-electron chi connectivity index (χ3n) is 3.80. The van der Waals surface area contributed by atoms with Gasteiger partial charge >= 0.3 is 5.97 Å². The lowest BCUT2D eigenvalue weighted by Crippen LogP contribution is -2.03. The molecule has 8 heteroatoms. The maximum absolute atomic E-state index is 11.7. The molecule has 1 aliphatic rings. The van der Waals surface area contributed by atoms with Crippen LogP contribution in [0.4, 0.5) is 0 Å². The highest BCUT2D eigenvalue weighted by atomic mass is 32.2. The maximum atomic E-state index is 11.7. The summed E-state index contributed by atoms with van der Waals surface area (Å²) in [7, 11) is 1.36. The van der Waals surface area contributed by atoms with E-state index in [1.54, 1.807) is 17.4 Å². The van der Waals surface area contributed by atoms with Gasteiger partial charge in [0.1, 0.15) is 11.3 Å². The first-order valence-electron chi connectivity index (χ1n) is 7.54. The number of thioether (sulfide) groups is 1. The van der Waals surface area contributed by atoms with Crippen LogP contribution in [0.5, 0.6) is 0 Å². The molecule has 1 aliphatic carbocycles. The lowest BCUT2D eigenvalue weighted by atomic mass is 10.3. The molecular formula is C16H15N3O3S2. The van der Waals surface area contributed by atoms with Gasteiger partial charge in [-0.05, 0) is 30.4 Å². The Morgan fingerprint density at radius 1 is 1.46 bits per heavy atom. The zero-order chi connectivity index (χ0) is 16.5. The van der Waals surface area contributed by atoms with Gasteiger partial charge in [0.15, 0.2) is 11.0 Å². The number of methoxy groups -OCH3 is 1. The van der Waals surface area contributed by atoms with E-state index < -0.39 is 0 Å². The minimum atomic E-state index is -0.387. The average Bonchev–Trinajstić information content (AvgIpc) is 3.04. The van der Waals surface area contributed by atoms with E-state index in [-0.39, 0.29) is 5.97 Å². The second kappa shape index (κ2) is 6.45. The van der Waals surface area contributed by atoms with Crippen molar-refractivity contribution in [2.45, 2.75) is 29.8 Å². The fourth-order valence-electron chi connectivity index (χ4n) is 2.49. The highest BCUT2D eigenvalue weighted by Gasteiger charge is 2.30. The summed E-state index contributed by atoms with van der Waals surface area (Å²) >= 11 is 3.19. The Hall–Kier alpha value is -2.06. The summed E-state index contributed by atoms with van der Waals surface area (Å²) in [5.41, 5.74) is 0.459. The van der Waals surface area contributed by atoms with Crippen LogP contribution in [0, 0.1) is 0 Å². The first kappa shape index (κ1) is 15.5. The first-order chi connectivity index (χ1) is 11.8. The van der Waals surface area contributed by atoms with Gasteiger partial charge in [-0.1, -0.05) is 17.8 Å². The standard InChI is InChI=1S/C16H15N3O3S2/c1-21-15(20)11-6-7-22-12(11)9-24-16-18-17-14(13-3-2-8-23-13)19(16)10-4-5-10/h2-3,6-8,10H,4-5,9H2,1H3. The second-order valence-corrected chi connectivity index (χ2v) is 7.31. The average molecular weight is 361 g/mol. The molecule has 0 saturated heterocycles. The van der Waals surface area contributed by atoms with Gasteiger partial charge in [-0.15, -0.1) is 21.5 Å². The molecule has 1 fully saturated rings. The minimum Gasteiger partial charge on any atom is -0.468 e. The summed E-state index contributed by atoms with van der Waals surface area (Å²) in [6.45, 7) is 0. The van der Waals surface area contributed by atoms with Crippen LogP contribution >= 0.6 is 23.1 Å². The summed E-state index contributed by atoms with van der Waals surface area (Å²) in [5.74, 6) is 1.63. The highest BCUT2D eigenvalue weighted by molar-refractivity contribution is 7.98. The molecule has 0 spiro atoms. The summed E-state index contributed by atoms with van der Waals surface area (Å²) in [6, 6.07) is 6.18. The predicted octanol–water partition coefficient (Wildman–Crippen LogP) is 4.01. The predicted molar refractivity (Wildman–Crippen MR) is 91.2 cm³/mol. The van der Waals surface area contributed by atoms with Gasteiger partial charge in [-0.3, -0.25) is 4.57 Å². The van der Waals surface area contributed by atoms with E-state index in [4.69, 9.17) is 9.15 Å². The smallest absolute Gasteiger partial charge is 0.341 e. The Kier molecular flexibility index (Phi) is 4.15. The molecule has 1 saturated carbocycles. The van der Waals surface area contributed by atoms with Gasteiger partial charge < -0.3 is 9.15 Å². The van der Waals surface area contributed by atoms with E-state index in [1.807, 2.05) is 11.4 Å². The number of furan rings is 1. The number of hydrogen-bond acceptors (Lipinski definition) is 7. The van der Waals surface area contributed by atoms with Gasteiger partial charge in [0.2, 0.25) is 0 Å². The van der Waals surface area contributed by atoms with Crippen molar-refractivity contribution in [3.63, 3.8) is 0 Å². The normalized spacial score (nSPS) is 14.0. The highest BCUT2D eigenvalue weighted by Crippen LogP contribution is 2.42. The van der Waals surface area contributed by atoms with Crippen LogP contribution in [-0.2, 0) is 10.5 Å². The number of aromatic nitrogens is 3. The Morgan fingerprint density at radius 2 is 2.33 bits per heavy atom. The van der Waals surface area contributed by atoms with E-state index in [9.17, 15) is 4.79 Å². The molecule has 24 heavy (non-hydrogen) atoms. The van der Waals surface area contributed by atoms with Crippen molar-refractivity contribution >= 4 is 29.1 Å². The fourth-order valence-corrected chi connectivity index (χ4v) is 4.15. The van der Waals surface area contributed by atoms with Gasteiger partial charge in [0.05, 0.1) is 24.0 Å². The number of hydrogen-bond donors (Lipinski definition) is 0. The van der Waals surface area contributed by atoms with E-state index in [1.165, 1.54) is 25.1 Å². The van der Waals surface area contributed by atoms with Crippen molar-refractivity contribution in [1.29, 1.82) is 0 Å². The van der Waals surface area contributed by atoms with Gasteiger partial charge in [0, 0.05) is 6.04 Å². The van der Waals surface area contributed by atoms with Crippen molar-refractivity contribution < 1.29 is 13.9 Å². The molecule has 3 aromatic heterocycles. The Morgan fingerprint density at radius 3 is 3.04 bits per heavy atom. The monoisotopic (exact) mass is 361 g/mol. The molecule has 4 rings (SSSR count). The van der Waals surface area contributed by atoms with E-state index in [0.717, 1.165) is 28.7 Å². The van der Waals surface area contributed by atoms with Crippen LogP contribution in [0.25, 0.3) is 10.7 Å². The first-order valence-corrected chi connectivity index (χ1v) is 9.40. The molecule has 0 atom stereocenters. The van der Waals surface area contributed by atoms with Crippen LogP contribution in [0.3, 0.4) is 0 Å². The van der Waals surface area contributed by atoms with Crippen molar-refractivity contribution in [3.05, 3.63) is 41.2 Å². The molecule has 0 N–H and O–H groups in total. The van der Waals surface area contributed by atoms with E-state index >= 15 is 0 Å². The molecule has 0 unspecified atom stereocenters. The molecule has 0 radical (unpaired) electrons. The number of carbonyl (C=O) groups excluding carboxylic acids is 1. The minimum absolute atomic E-state index is 0.387. The number of thiophene rings is 1.